The molecule has 2 atom stereocenters. The summed E-state index contributed by atoms with van der Waals surface area (Å²) in [6, 6.07) is 3.53. The van der Waals surface area contributed by atoms with Crippen molar-refractivity contribution < 1.29 is 27.1 Å². The highest BCUT2D eigenvalue weighted by molar-refractivity contribution is 5.77. The van der Waals surface area contributed by atoms with Crippen LogP contribution in [0.3, 0.4) is 0 Å². The van der Waals surface area contributed by atoms with Gasteiger partial charge in [0, 0.05) is 17.9 Å². The molecule has 1 N–H and O–H groups in total. The Morgan fingerprint density at radius 1 is 1.50 bits per heavy atom. The third-order valence-corrected chi connectivity index (χ3v) is 3.62. The molecule has 0 saturated heterocycles. The van der Waals surface area contributed by atoms with Crippen LogP contribution in [0.2, 0.25) is 0 Å². The lowest BCUT2D eigenvalue weighted by molar-refractivity contribution is -0.145. The van der Waals surface area contributed by atoms with E-state index in [1.54, 1.807) is 12.1 Å². The maximum absolute atomic E-state index is 12.6. The van der Waals surface area contributed by atoms with Crippen molar-refractivity contribution in [3.05, 3.63) is 41.6 Å². The molecule has 22 heavy (non-hydrogen) atoms. The Kier molecular flexibility index (Phi) is 3.67. The average Bonchev–Trinajstić information content (AvgIpc) is 2.90. The molecule has 2 aromatic rings. The lowest BCUT2D eigenvalue weighted by Gasteiger charge is -2.07. The number of carbonyl (C=O) groups is 1. The van der Waals surface area contributed by atoms with E-state index in [0.717, 1.165) is 12.0 Å². The fraction of sp³-hybridized carbons (Fsp3) is 0.429. The number of esters is 1. The summed E-state index contributed by atoms with van der Waals surface area (Å²) in [5.74, 6) is 0.0781. The molecular formula is C14H13F3N2O3. The van der Waals surface area contributed by atoms with Gasteiger partial charge in [-0.15, -0.1) is 0 Å². The van der Waals surface area contributed by atoms with E-state index in [1.807, 2.05) is 5.10 Å². The zero-order valence-corrected chi connectivity index (χ0v) is 11.4. The summed E-state index contributed by atoms with van der Waals surface area (Å²) in [4.78, 5) is 11.8. The van der Waals surface area contributed by atoms with E-state index in [4.69, 9.17) is 9.15 Å². The van der Waals surface area contributed by atoms with Crippen LogP contribution in [0.4, 0.5) is 13.2 Å². The van der Waals surface area contributed by atoms with Crippen LogP contribution in [0.1, 0.15) is 29.4 Å². The van der Waals surface area contributed by atoms with Gasteiger partial charge in [-0.1, -0.05) is 0 Å². The lowest BCUT2D eigenvalue weighted by atomic mass is 10.2. The van der Waals surface area contributed by atoms with Gasteiger partial charge >= 0.3 is 12.1 Å². The number of furan rings is 1. The number of rotatable bonds is 5. The Hall–Kier alpha value is -2.25. The van der Waals surface area contributed by atoms with Crippen molar-refractivity contribution in [1.29, 1.82) is 0 Å². The largest absolute Gasteiger partial charge is 0.469 e. The molecule has 0 bridgehead atoms. The predicted molar refractivity (Wildman–Crippen MR) is 67.8 cm³/mol. The van der Waals surface area contributed by atoms with E-state index in [9.17, 15) is 18.0 Å². The second-order valence-electron chi connectivity index (χ2n) is 5.15. The molecule has 1 aliphatic carbocycles. The predicted octanol–water partition coefficient (Wildman–Crippen LogP) is 2.91. The Bertz CT molecular complexity index is 649. The van der Waals surface area contributed by atoms with Crippen LogP contribution < -0.4 is 0 Å². The van der Waals surface area contributed by atoms with Crippen molar-refractivity contribution in [2.45, 2.75) is 24.9 Å². The van der Waals surface area contributed by atoms with Crippen LogP contribution >= 0.6 is 0 Å². The SMILES string of the molecule is O=C(OCCc1cn[nH]c1C(F)(F)F)[C@@H]1C[C@H]1c1ccco1. The number of aromatic nitrogens is 2. The highest BCUT2D eigenvalue weighted by Crippen LogP contribution is 2.48. The maximum atomic E-state index is 12.6. The van der Waals surface area contributed by atoms with Gasteiger partial charge in [0.1, 0.15) is 11.5 Å². The van der Waals surface area contributed by atoms with Crippen molar-refractivity contribution in [1.82, 2.24) is 10.2 Å². The minimum Gasteiger partial charge on any atom is -0.469 e. The molecule has 0 radical (unpaired) electrons. The standard InChI is InChI=1S/C14H13F3N2O3/c15-14(16,17)12-8(7-18-19-12)3-5-22-13(20)10-6-9(10)11-2-1-4-21-11/h1-2,4,7,9-10H,3,5-6H2,(H,18,19)/t9-,10-/m1/s1. The number of nitrogens with one attached hydrogen (secondary N) is 1. The zero-order valence-electron chi connectivity index (χ0n) is 11.4. The summed E-state index contributed by atoms with van der Waals surface area (Å²) in [7, 11) is 0. The summed E-state index contributed by atoms with van der Waals surface area (Å²) in [6.45, 7) is -0.108. The van der Waals surface area contributed by atoms with E-state index >= 15 is 0 Å². The lowest BCUT2D eigenvalue weighted by Crippen LogP contribution is -2.13. The number of hydrogen-bond acceptors (Lipinski definition) is 4. The minimum atomic E-state index is -4.49. The molecule has 0 aromatic carbocycles. The average molecular weight is 314 g/mol. The first-order chi connectivity index (χ1) is 10.5. The third-order valence-electron chi connectivity index (χ3n) is 3.62. The normalized spacial score (nSPS) is 20.9. The van der Waals surface area contributed by atoms with Crippen LogP contribution in [0.5, 0.6) is 0 Å². The van der Waals surface area contributed by atoms with Crippen LogP contribution in [0.15, 0.2) is 29.0 Å². The van der Waals surface area contributed by atoms with Gasteiger partial charge in [-0.2, -0.15) is 18.3 Å². The van der Waals surface area contributed by atoms with Crippen molar-refractivity contribution in [3.63, 3.8) is 0 Å². The molecule has 1 fully saturated rings. The van der Waals surface area contributed by atoms with E-state index < -0.39 is 17.8 Å². The first kappa shape index (κ1) is 14.7. The van der Waals surface area contributed by atoms with Crippen LogP contribution in [-0.2, 0) is 22.1 Å². The second kappa shape index (κ2) is 5.51. The Morgan fingerprint density at radius 2 is 2.32 bits per heavy atom. The number of carbonyl (C=O) groups excluding carboxylic acids is 1. The van der Waals surface area contributed by atoms with Crippen LogP contribution in [-0.4, -0.2) is 22.8 Å². The van der Waals surface area contributed by atoms with Gasteiger partial charge in [0.15, 0.2) is 0 Å². The molecule has 2 heterocycles. The second-order valence-corrected chi connectivity index (χ2v) is 5.15. The molecule has 8 heteroatoms. The number of halogens is 3. The van der Waals surface area contributed by atoms with E-state index in [2.05, 4.69) is 5.10 Å². The summed E-state index contributed by atoms with van der Waals surface area (Å²) in [5, 5.41) is 5.30. The number of nitrogens with zero attached hydrogens (tertiary/aromatic N) is 1. The molecule has 0 spiro atoms. The zero-order chi connectivity index (χ0) is 15.7. The van der Waals surface area contributed by atoms with Gasteiger partial charge < -0.3 is 9.15 Å². The maximum Gasteiger partial charge on any atom is 0.433 e. The van der Waals surface area contributed by atoms with Gasteiger partial charge in [-0.25, -0.2) is 0 Å². The fourth-order valence-electron chi connectivity index (χ4n) is 2.39. The molecule has 1 aliphatic rings. The van der Waals surface area contributed by atoms with Gasteiger partial charge in [0.25, 0.3) is 0 Å². The van der Waals surface area contributed by atoms with E-state index in [-0.39, 0.29) is 30.4 Å². The van der Waals surface area contributed by atoms with Crippen molar-refractivity contribution in [2.75, 3.05) is 6.61 Å². The summed E-state index contributed by atoms with van der Waals surface area (Å²) < 4.78 is 48.1. The molecule has 3 rings (SSSR count). The molecular weight excluding hydrogens is 301 g/mol. The Balaban J connectivity index is 1.48. The van der Waals surface area contributed by atoms with E-state index in [1.165, 1.54) is 6.26 Å². The highest BCUT2D eigenvalue weighted by atomic mass is 19.4. The quantitative estimate of drug-likeness (QED) is 0.862. The van der Waals surface area contributed by atoms with Crippen molar-refractivity contribution in [3.8, 4) is 0 Å². The summed E-state index contributed by atoms with van der Waals surface area (Å²) >= 11 is 0. The van der Waals surface area contributed by atoms with E-state index in [0.29, 0.717) is 6.42 Å². The number of H-pyrrole nitrogens is 1. The van der Waals surface area contributed by atoms with Crippen LogP contribution in [0.25, 0.3) is 0 Å². The topological polar surface area (TPSA) is 68.1 Å². The molecule has 5 nitrogen and oxygen atoms in total. The summed E-state index contributed by atoms with van der Waals surface area (Å²) in [6.07, 6.45) is -1.25. The number of hydrogen-bond donors (Lipinski definition) is 1. The molecule has 0 amide bonds. The number of alkyl halides is 3. The smallest absolute Gasteiger partial charge is 0.433 e. The molecule has 2 aromatic heterocycles. The fourth-order valence-corrected chi connectivity index (χ4v) is 2.39. The number of aromatic amines is 1. The Morgan fingerprint density at radius 3 is 3.00 bits per heavy atom. The van der Waals surface area contributed by atoms with Crippen molar-refractivity contribution >= 4 is 5.97 Å². The monoisotopic (exact) mass is 314 g/mol. The van der Waals surface area contributed by atoms with Gasteiger partial charge in [-0.05, 0) is 18.6 Å². The van der Waals surface area contributed by atoms with Crippen molar-refractivity contribution in [2.24, 2.45) is 5.92 Å². The van der Waals surface area contributed by atoms with Gasteiger partial charge in [0.2, 0.25) is 0 Å². The highest BCUT2D eigenvalue weighted by Gasteiger charge is 2.47. The Labute approximate surface area is 123 Å². The third kappa shape index (κ3) is 3.00. The minimum absolute atomic E-state index is 0.0151. The summed E-state index contributed by atoms with van der Waals surface area (Å²) in [5.41, 5.74) is -0.915. The molecule has 0 unspecified atom stereocenters. The van der Waals surface area contributed by atoms with Gasteiger partial charge in [0.05, 0.1) is 25.0 Å². The molecule has 0 aliphatic heterocycles. The number of ether oxygens (including phenoxy) is 1. The first-order valence-electron chi connectivity index (χ1n) is 6.76. The van der Waals surface area contributed by atoms with Crippen LogP contribution in [0, 0.1) is 5.92 Å². The first-order valence-corrected chi connectivity index (χ1v) is 6.76. The molecule has 1 saturated carbocycles. The molecule has 118 valence electrons. The van der Waals surface area contributed by atoms with Gasteiger partial charge in [-0.3, -0.25) is 9.89 Å².